The average molecular weight is 365 g/mol. The summed E-state index contributed by atoms with van der Waals surface area (Å²) < 4.78 is 30.5. The molecule has 0 unspecified atom stereocenters. The molecule has 0 spiro atoms. The number of Topliss-reactive ketones (excluding diaryl/α,β-unsaturated/α-hetero) is 1. The van der Waals surface area contributed by atoms with E-state index in [0.29, 0.717) is 18.7 Å². The van der Waals surface area contributed by atoms with E-state index in [1.807, 2.05) is 0 Å². The van der Waals surface area contributed by atoms with E-state index in [1.165, 1.54) is 10.4 Å². The first kappa shape index (κ1) is 17.9. The smallest absolute Gasteiger partial charge is 0.338 e. The number of nitrogens with zero attached hydrogens (tertiary/aromatic N) is 1. The molecule has 2 aliphatic rings. The summed E-state index contributed by atoms with van der Waals surface area (Å²) in [7, 11) is -3.30. The number of sulfonamides is 1. The van der Waals surface area contributed by atoms with Crippen LogP contribution < -0.4 is 4.31 Å². The quantitative estimate of drug-likeness (QED) is 0.749. The zero-order valence-corrected chi connectivity index (χ0v) is 15.0. The summed E-state index contributed by atoms with van der Waals surface area (Å²) in [5, 5.41) is 0. The second kappa shape index (κ2) is 7.56. The van der Waals surface area contributed by atoms with Gasteiger partial charge in [-0.05, 0) is 37.5 Å². The zero-order chi connectivity index (χ0) is 17.9. The number of carbonyl (C=O) groups excluding carboxylic acids is 2. The Hall–Kier alpha value is -1.89. The Morgan fingerprint density at radius 2 is 1.88 bits per heavy atom. The van der Waals surface area contributed by atoms with Crippen LogP contribution in [0.1, 0.15) is 48.9 Å². The maximum atomic E-state index is 12.2. The van der Waals surface area contributed by atoms with Crippen LogP contribution in [0, 0.1) is 5.92 Å². The van der Waals surface area contributed by atoms with Crippen molar-refractivity contribution >= 4 is 27.5 Å². The van der Waals surface area contributed by atoms with Gasteiger partial charge in [0.25, 0.3) is 0 Å². The minimum Gasteiger partial charge on any atom is -0.454 e. The molecule has 3 rings (SSSR count). The summed E-state index contributed by atoms with van der Waals surface area (Å²) in [5.74, 6) is -0.492. The molecule has 1 saturated carbocycles. The normalized spacial score (nSPS) is 20.4. The van der Waals surface area contributed by atoms with Crippen molar-refractivity contribution < 1.29 is 22.7 Å². The van der Waals surface area contributed by atoms with Gasteiger partial charge in [-0.3, -0.25) is 9.10 Å². The predicted molar refractivity (Wildman–Crippen MR) is 94.1 cm³/mol. The summed E-state index contributed by atoms with van der Waals surface area (Å²) in [6.45, 7) is 0.205. The van der Waals surface area contributed by atoms with Crippen molar-refractivity contribution in [2.45, 2.75) is 38.5 Å². The van der Waals surface area contributed by atoms with Crippen LogP contribution in [0.3, 0.4) is 0 Å². The van der Waals surface area contributed by atoms with E-state index in [2.05, 4.69) is 0 Å². The van der Waals surface area contributed by atoms with Crippen LogP contribution in [-0.4, -0.2) is 39.1 Å². The Bertz CT molecular complexity index is 752. The standard InChI is InChI=1S/C18H23NO5S/c20-17(14-6-2-1-3-7-14)13-24-18(21)15-8-4-9-16(12-15)19-10-5-11-25(19,22)23/h4,8-9,12,14H,1-3,5-7,10-11,13H2. The second-order valence-corrected chi connectivity index (χ2v) is 8.68. The molecule has 0 bridgehead atoms. The Balaban J connectivity index is 1.62. The molecule has 1 heterocycles. The molecule has 0 aromatic heterocycles. The van der Waals surface area contributed by atoms with Gasteiger partial charge >= 0.3 is 5.97 Å². The third-order valence-corrected chi connectivity index (χ3v) is 6.74. The number of hydrogen-bond donors (Lipinski definition) is 0. The maximum Gasteiger partial charge on any atom is 0.338 e. The molecule has 1 saturated heterocycles. The summed E-state index contributed by atoms with van der Waals surface area (Å²) in [4.78, 5) is 24.3. The van der Waals surface area contributed by atoms with Crippen LogP contribution in [0.25, 0.3) is 0 Å². The first-order valence-electron chi connectivity index (χ1n) is 8.78. The van der Waals surface area contributed by atoms with E-state index in [0.717, 1.165) is 32.1 Å². The lowest BCUT2D eigenvalue weighted by Gasteiger charge is -2.20. The first-order chi connectivity index (χ1) is 12.0. The lowest BCUT2D eigenvalue weighted by Crippen LogP contribution is -2.26. The number of rotatable bonds is 5. The van der Waals surface area contributed by atoms with Crippen molar-refractivity contribution in [3.05, 3.63) is 29.8 Å². The molecule has 7 heteroatoms. The summed E-state index contributed by atoms with van der Waals surface area (Å²) in [6.07, 6.45) is 5.59. The molecular formula is C18H23NO5S. The summed E-state index contributed by atoms with van der Waals surface area (Å²) in [5.41, 5.74) is 0.724. The third-order valence-electron chi connectivity index (χ3n) is 4.88. The summed E-state index contributed by atoms with van der Waals surface area (Å²) in [6, 6.07) is 6.37. The Morgan fingerprint density at radius 3 is 2.56 bits per heavy atom. The van der Waals surface area contributed by atoms with Gasteiger partial charge in [-0.1, -0.05) is 25.3 Å². The van der Waals surface area contributed by atoms with Gasteiger partial charge in [-0.2, -0.15) is 0 Å². The first-order valence-corrected chi connectivity index (χ1v) is 10.4. The van der Waals surface area contributed by atoms with Crippen LogP contribution >= 0.6 is 0 Å². The Labute approximate surface area is 148 Å². The fraction of sp³-hybridized carbons (Fsp3) is 0.556. The van der Waals surface area contributed by atoms with Gasteiger partial charge in [0.1, 0.15) is 0 Å². The van der Waals surface area contributed by atoms with Crippen molar-refractivity contribution in [3.63, 3.8) is 0 Å². The number of hydrogen-bond acceptors (Lipinski definition) is 5. The largest absolute Gasteiger partial charge is 0.454 e. The lowest BCUT2D eigenvalue weighted by atomic mass is 9.86. The zero-order valence-electron chi connectivity index (χ0n) is 14.1. The number of benzene rings is 1. The predicted octanol–water partition coefficient (Wildman–Crippen LogP) is 2.53. The molecular weight excluding hydrogens is 342 g/mol. The minimum absolute atomic E-state index is 0.00243. The van der Waals surface area contributed by atoms with Crippen molar-refractivity contribution in [1.29, 1.82) is 0 Å². The molecule has 1 aliphatic carbocycles. The minimum atomic E-state index is -3.30. The van der Waals surface area contributed by atoms with Gasteiger partial charge in [0.15, 0.2) is 12.4 Å². The SMILES string of the molecule is O=C(OCC(=O)C1CCCCC1)c1cccc(N2CCCS2(=O)=O)c1. The van der Waals surface area contributed by atoms with E-state index in [4.69, 9.17) is 4.74 Å². The van der Waals surface area contributed by atoms with E-state index in [1.54, 1.807) is 18.2 Å². The van der Waals surface area contributed by atoms with Gasteiger partial charge in [-0.25, -0.2) is 13.2 Å². The number of esters is 1. The fourth-order valence-corrected chi connectivity index (χ4v) is 5.04. The van der Waals surface area contributed by atoms with Gasteiger partial charge in [0, 0.05) is 12.5 Å². The third kappa shape index (κ3) is 4.21. The van der Waals surface area contributed by atoms with Gasteiger partial charge in [0.05, 0.1) is 17.0 Å². The summed E-state index contributed by atoms with van der Waals surface area (Å²) >= 11 is 0. The van der Waals surface area contributed by atoms with Crippen LogP contribution in [0.4, 0.5) is 5.69 Å². The lowest BCUT2D eigenvalue weighted by molar-refractivity contribution is -0.126. The van der Waals surface area contributed by atoms with E-state index in [9.17, 15) is 18.0 Å². The highest BCUT2D eigenvalue weighted by molar-refractivity contribution is 7.93. The molecule has 25 heavy (non-hydrogen) atoms. The molecule has 0 N–H and O–H groups in total. The number of anilines is 1. The van der Waals surface area contributed by atoms with E-state index in [-0.39, 0.29) is 29.6 Å². The molecule has 0 radical (unpaired) electrons. The molecule has 0 amide bonds. The molecule has 6 nitrogen and oxygen atoms in total. The van der Waals surface area contributed by atoms with Crippen molar-refractivity contribution in [2.75, 3.05) is 23.2 Å². The van der Waals surface area contributed by atoms with Crippen molar-refractivity contribution in [1.82, 2.24) is 0 Å². The molecule has 2 fully saturated rings. The molecule has 1 aromatic rings. The Kier molecular flexibility index (Phi) is 5.42. The van der Waals surface area contributed by atoms with Crippen molar-refractivity contribution in [3.8, 4) is 0 Å². The Morgan fingerprint density at radius 1 is 1.12 bits per heavy atom. The maximum absolute atomic E-state index is 12.2. The average Bonchev–Trinajstić information content (AvgIpc) is 2.99. The topological polar surface area (TPSA) is 80.8 Å². The van der Waals surface area contributed by atoms with Gasteiger partial charge < -0.3 is 4.74 Å². The van der Waals surface area contributed by atoms with E-state index < -0.39 is 16.0 Å². The fourth-order valence-electron chi connectivity index (χ4n) is 3.48. The molecule has 136 valence electrons. The molecule has 1 aliphatic heterocycles. The monoisotopic (exact) mass is 365 g/mol. The van der Waals surface area contributed by atoms with Crippen LogP contribution in [-0.2, 0) is 19.6 Å². The van der Waals surface area contributed by atoms with Crippen LogP contribution in [0.2, 0.25) is 0 Å². The van der Waals surface area contributed by atoms with Crippen molar-refractivity contribution in [2.24, 2.45) is 5.92 Å². The second-order valence-electron chi connectivity index (χ2n) is 6.67. The highest BCUT2D eigenvalue weighted by Crippen LogP contribution is 2.26. The number of ether oxygens (including phenoxy) is 1. The molecule has 0 atom stereocenters. The number of carbonyl (C=O) groups is 2. The van der Waals surface area contributed by atoms with Crippen LogP contribution in [0.5, 0.6) is 0 Å². The highest BCUT2D eigenvalue weighted by Gasteiger charge is 2.29. The molecule has 1 aromatic carbocycles. The number of ketones is 1. The highest BCUT2D eigenvalue weighted by atomic mass is 32.2. The van der Waals surface area contributed by atoms with Gasteiger partial charge in [0.2, 0.25) is 10.0 Å². The van der Waals surface area contributed by atoms with Gasteiger partial charge in [-0.15, -0.1) is 0 Å². The van der Waals surface area contributed by atoms with E-state index >= 15 is 0 Å². The van der Waals surface area contributed by atoms with Crippen LogP contribution in [0.15, 0.2) is 24.3 Å².